The molecule has 1 amide bonds. The SMILES string of the molecule is Cc1cnc(C(=O)Nc2ccc(-c3csc(N4CCOCC4)n3)cc2)cn1. The second kappa shape index (κ2) is 7.81. The number of thiazole rings is 1. The van der Waals surface area contributed by atoms with Crippen molar-refractivity contribution < 1.29 is 9.53 Å². The van der Waals surface area contributed by atoms with Crippen molar-refractivity contribution in [1.82, 2.24) is 15.0 Å². The van der Waals surface area contributed by atoms with Crippen LogP contribution in [0.15, 0.2) is 42.0 Å². The van der Waals surface area contributed by atoms with Gasteiger partial charge in [-0.3, -0.25) is 9.78 Å². The zero-order valence-electron chi connectivity index (χ0n) is 14.9. The molecule has 2 aromatic heterocycles. The van der Waals surface area contributed by atoms with E-state index < -0.39 is 0 Å². The van der Waals surface area contributed by atoms with Crippen molar-refractivity contribution in [2.24, 2.45) is 0 Å². The molecule has 4 rings (SSSR count). The van der Waals surface area contributed by atoms with Gasteiger partial charge in [-0.15, -0.1) is 11.3 Å². The summed E-state index contributed by atoms with van der Waals surface area (Å²) < 4.78 is 5.39. The lowest BCUT2D eigenvalue weighted by Gasteiger charge is -2.26. The molecule has 138 valence electrons. The van der Waals surface area contributed by atoms with Crippen LogP contribution in [0.2, 0.25) is 0 Å². The summed E-state index contributed by atoms with van der Waals surface area (Å²) in [5.41, 5.74) is 3.72. The second-order valence-corrected chi connectivity index (χ2v) is 7.03. The van der Waals surface area contributed by atoms with Gasteiger partial charge >= 0.3 is 0 Å². The first-order valence-corrected chi connectivity index (χ1v) is 9.56. The van der Waals surface area contributed by atoms with Gasteiger partial charge in [0.2, 0.25) is 0 Å². The van der Waals surface area contributed by atoms with E-state index in [1.54, 1.807) is 17.5 Å². The molecule has 1 aliphatic rings. The minimum Gasteiger partial charge on any atom is -0.378 e. The number of nitrogens with one attached hydrogen (secondary N) is 1. The van der Waals surface area contributed by atoms with E-state index in [1.165, 1.54) is 6.20 Å². The summed E-state index contributed by atoms with van der Waals surface area (Å²) in [5, 5.41) is 5.90. The quantitative estimate of drug-likeness (QED) is 0.748. The number of aryl methyl sites for hydroxylation is 1. The van der Waals surface area contributed by atoms with E-state index in [2.05, 4.69) is 25.6 Å². The van der Waals surface area contributed by atoms with Crippen molar-refractivity contribution in [2.45, 2.75) is 6.92 Å². The van der Waals surface area contributed by atoms with Crippen LogP contribution in [0, 0.1) is 6.92 Å². The number of carbonyl (C=O) groups excluding carboxylic acids is 1. The van der Waals surface area contributed by atoms with Gasteiger partial charge in [0, 0.05) is 35.9 Å². The molecular weight excluding hydrogens is 362 g/mol. The predicted molar refractivity (Wildman–Crippen MR) is 105 cm³/mol. The molecule has 3 heterocycles. The number of rotatable bonds is 4. The number of ether oxygens (including phenoxy) is 1. The van der Waals surface area contributed by atoms with E-state index in [0.717, 1.165) is 48.4 Å². The van der Waals surface area contributed by atoms with Gasteiger partial charge in [-0.05, 0) is 19.1 Å². The molecule has 27 heavy (non-hydrogen) atoms. The van der Waals surface area contributed by atoms with Gasteiger partial charge in [-0.1, -0.05) is 12.1 Å². The van der Waals surface area contributed by atoms with Gasteiger partial charge in [0.25, 0.3) is 5.91 Å². The summed E-state index contributed by atoms with van der Waals surface area (Å²) in [6.45, 7) is 5.07. The highest BCUT2D eigenvalue weighted by atomic mass is 32.1. The maximum absolute atomic E-state index is 12.2. The van der Waals surface area contributed by atoms with Crippen LogP contribution in [0.25, 0.3) is 11.3 Å². The molecule has 0 radical (unpaired) electrons. The number of nitrogens with zero attached hydrogens (tertiary/aromatic N) is 4. The summed E-state index contributed by atoms with van der Waals surface area (Å²) in [6.07, 6.45) is 3.05. The first-order valence-electron chi connectivity index (χ1n) is 8.68. The first kappa shape index (κ1) is 17.6. The molecule has 0 bridgehead atoms. The molecular formula is C19H19N5O2S. The Morgan fingerprint density at radius 3 is 2.63 bits per heavy atom. The van der Waals surface area contributed by atoms with Crippen LogP contribution in [0.4, 0.5) is 10.8 Å². The van der Waals surface area contributed by atoms with Gasteiger partial charge in [0.05, 0.1) is 30.8 Å². The number of anilines is 2. The molecule has 0 spiro atoms. The predicted octanol–water partition coefficient (Wildman–Crippen LogP) is 3.00. The maximum atomic E-state index is 12.2. The lowest BCUT2D eigenvalue weighted by molar-refractivity contribution is 0.102. The van der Waals surface area contributed by atoms with E-state index in [-0.39, 0.29) is 5.91 Å². The molecule has 7 nitrogen and oxygen atoms in total. The number of aromatic nitrogens is 3. The molecule has 1 aromatic carbocycles. The van der Waals surface area contributed by atoms with E-state index in [1.807, 2.05) is 31.2 Å². The minimum absolute atomic E-state index is 0.279. The minimum atomic E-state index is -0.279. The third-order valence-electron chi connectivity index (χ3n) is 4.23. The fourth-order valence-electron chi connectivity index (χ4n) is 2.73. The Bertz CT molecular complexity index is 918. The summed E-state index contributed by atoms with van der Waals surface area (Å²) in [4.78, 5) is 27.4. The molecule has 0 atom stereocenters. The standard InChI is InChI=1S/C19H19N5O2S/c1-13-10-21-16(11-20-13)18(25)22-15-4-2-14(3-5-15)17-12-27-19(23-17)24-6-8-26-9-7-24/h2-5,10-12H,6-9H2,1H3,(H,22,25). The molecule has 8 heteroatoms. The Hall–Kier alpha value is -2.84. The molecule has 1 fully saturated rings. The molecule has 0 aliphatic carbocycles. The fraction of sp³-hybridized carbons (Fsp3) is 0.263. The highest BCUT2D eigenvalue weighted by Crippen LogP contribution is 2.28. The largest absolute Gasteiger partial charge is 0.378 e. The molecule has 1 saturated heterocycles. The molecule has 0 unspecified atom stereocenters. The van der Waals surface area contributed by atoms with Crippen molar-refractivity contribution in [3.8, 4) is 11.3 Å². The molecule has 3 aromatic rings. The number of hydrogen-bond donors (Lipinski definition) is 1. The van der Waals surface area contributed by atoms with Crippen LogP contribution >= 0.6 is 11.3 Å². The topological polar surface area (TPSA) is 80.2 Å². The summed E-state index contributed by atoms with van der Waals surface area (Å²) in [7, 11) is 0. The zero-order chi connectivity index (χ0) is 18.6. The molecule has 1 aliphatic heterocycles. The number of benzene rings is 1. The molecule has 1 N–H and O–H groups in total. The van der Waals surface area contributed by atoms with Crippen LogP contribution in [-0.2, 0) is 4.74 Å². The van der Waals surface area contributed by atoms with Crippen LogP contribution in [0.3, 0.4) is 0 Å². The van der Waals surface area contributed by atoms with E-state index in [9.17, 15) is 4.79 Å². The fourth-order valence-corrected chi connectivity index (χ4v) is 3.61. The van der Waals surface area contributed by atoms with Gasteiger partial charge < -0.3 is 15.0 Å². The lowest BCUT2D eigenvalue weighted by atomic mass is 10.1. The van der Waals surface area contributed by atoms with Crippen molar-refractivity contribution in [3.05, 3.63) is 53.4 Å². The monoisotopic (exact) mass is 381 g/mol. The van der Waals surface area contributed by atoms with E-state index in [4.69, 9.17) is 9.72 Å². The highest BCUT2D eigenvalue weighted by molar-refractivity contribution is 7.14. The van der Waals surface area contributed by atoms with Gasteiger partial charge in [0.15, 0.2) is 5.13 Å². The summed E-state index contributed by atoms with van der Waals surface area (Å²) in [5.74, 6) is -0.279. The van der Waals surface area contributed by atoms with Crippen molar-refractivity contribution in [2.75, 3.05) is 36.5 Å². The number of morpholine rings is 1. The van der Waals surface area contributed by atoms with E-state index >= 15 is 0 Å². The van der Waals surface area contributed by atoms with Crippen LogP contribution in [-0.4, -0.2) is 47.2 Å². The van der Waals surface area contributed by atoms with Crippen LogP contribution < -0.4 is 10.2 Å². The highest BCUT2D eigenvalue weighted by Gasteiger charge is 2.15. The van der Waals surface area contributed by atoms with Gasteiger partial charge in [0.1, 0.15) is 5.69 Å². The third kappa shape index (κ3) is 4.12. The maximum Gasteiger partial charge on any atom is 0.275 e. The van der Waals surface area contributed by atoms with Gasteiger partial charge in [-0.2, -0.15) is 0 Å². The molecule has 0 saturated carbocycles. The normalized spacial score (nSPS) is 14.2. The third-order valence-corrected chi connectivity index (χ3v) is 5.13. The first-order chi connectivity index (χ1) is 13.2. The Balaban J connectivity index is 1.43. The Labute approximate surface area is 161 Å². The summed E-state index contributed by atoms with van der Waals surface area (Å²) >= 11 is 1.64. The van der Waals surface area contributed by atoms with Gasteiger partial charge in [-0.25, -0.2) is 9.97 Å². The smallest absolute Gasteiger partial charge is 0.275 e. The zero-order valence-corrected chi connectivity index (χ0v) is 15.7. The number of carbonyl (C=O) groups is 1. The van der Waals surface area contributed by atoms with E-state index in [0.29, 0.717) is 11.4 Å². The van der Waals surface area contributed by atoms with Crippen molar-refractivity contribution in [1.29, 1.82) is 0 Å². The Morgan fingerprint density at radius 2 is 1.93 bits per heavy atom. The second-order valence-electron chi connectivity index (χ2n) is 6.19. The van der Waals surface area contributed by atoms with Crippen molar-refractivity contribution >= 4 is 28.1 Å². The number of amides is 1. The van der Waals surface area contributed by atoms with Crippen LogP contribution in [0.1, 0.15) is 16.2 Å². The Morgan fingerprint density at radius 1 is 1.15 bits per heavy atom. The average Bonchev–Trinajstić information content (AvgIpc) is 3.20. The number of hydrogen-bond acceptors (Lipinski definition) is 7. The van der Waals surface area contributed by atoms with Crippen LogP contribution in [0.5, 0.6) is 0 Å². The lowest BCUT2D eigenvalue weighted by Crippen LogP contribution is -2.36. The average molecular weight is 381 g/mol. The van der Waals surface area contributed by atoms with Crippen molar-refractivity contribution in [3.63, 3.8) is 0 Å². The Kier molecular flexibility index (Phi) is 5.08. The summed E-state index contributed by atoms with van der Waals surface area (Å²) in [6, 6.07) is 7.63.